The Morgan fingerprint density at radius 3 is 3.00 bits per heavy atom. The summed E-state index contributed by atoms with van der Waals surface area (Å²) in [5.74, 6) is 0.691. The van der Waals surface area contributed by atoms with Gasteiger partial charge in [-0.15, -0.1) is 0 Å². The van der Waals surface area contributed by atoms with E-state index in [-0.39, 0.29) is 0 Å². The summed E-state index contributed by atoms with van der Waals surface area (Å²) in [4.78, 5) is 4.32. The van der Waals surface area contributed by atoms with Crippen LogP contribution in [0.1, 0.15) is 36.9 Å². The summed E-state index contributed by atoms with van der Waals surface area (Å²) in [6.45, 7) is 5.96. The van der Waals surface area contributed by atoms with Gasteiger partial charge in [0.1, 0.15) is 5.82 Å². The van der Waals surface area contributed by atoms with Crippen LogP contribution in [0.4, 0.5) is 0 Å². The monoisotopic (exact) mass is 309 g/mol. The number of nitrogens with zero attached hydrogens (tertiary/aromatic N) is 3. The number of nitrogens with one attached hydrogen (secondary N) is 1. The molecule has 0 spiro atoms. The van der Waals surface area contributed by atoms with Crippen LogP contribution in [0.5, 0.6) is 0 Å². The Labute approximate surface area is 136 Å². The standard InChI is InChI=1S/C18H23N5/c1-13-6-5-9-18-16(12-21-23(13)18)17(19)10-11-20-14(2)22-15-7-3-4-8-15/h5-6,9-12,15,22H,2-4,7-8,19H2,1H3/b17-10-,20-11-. The average Bonchev–Trinajstić information content (AvgIpc) is 3.17. The van der Waals surface area contributed by atoms with E-state index in [1.54, 1.807) is 18.5 Å². The Bertz CT molecular complexity index is 763. The van der Waals surface area contributed by atoms with Gasteiger partial charge in [0.05, 0.1) is 11.7 Å². The quantitative estimate of drug-likeness (QED) is 0.834. The van der Waals surface area contributed by atoms with Gasteiger partial charge in [0.2, 0.25) is 0 Å². The highest BCUT2D eigenvalue weighted by atomic mass is 15.2. The normalized spacial score (nSPS) is 16.5. The molecule has 3 rings (SSSR count). The number of allylic oxidation sites excluding steroid dienone is 1. The third kappa shape index (κ3) is 3.44. The molecule has 3 N–H and O–H groups in total. The van der Waals surface area contributed by atoms with E-state index in [0.717, 1.165) is 16.8 Å². The van der Waals surface area contributed by atoms with Gasteiger partial charge >= 0.3 is 0 Å². The number of aliphatic imine (C=N–C) groups is 1. The molecule has 0 radical (unpaired) electrons. The van der Waals surface area contributed by atoms with Gasteiger partial charge < -0.3 is 11.1 Å². The van der Waals surface area contributed by atoms with Crippen LogP contribution in [-0.2, 0) is 0 Å². The second kappa shape index (κ2) is 6.69. The first kappa shape index (κ1) is 15.3. The SMILES string of the molecule is C=C(/N=C\C=C(/N)c1cnn2c(C)cccc12)NC1CCCC1. The molecular weight excluding hydrogens is 286 g/mol. The van der Waals surface area contributed by atoms with E-state index in [1.165, 1.54) is 25.7 Å². The van der Waals surface area contributed by atoms with Crippen molar-refractivity contribution >= 4 is 17.4 Å². The minimum Gasteiger partial charge on any atom is -0.398 e. The number of nitrogens with two attached hydrogens (primary N) is 1. The number of hydrogen-bond donors (Lipinski definition) is 2. The largest absolute Gasteiger partial charge is 0.398 e. The van der Waals surface area contributed by atoms with E-state index in [9.17, 15) is 0 Å². The molecule has 0 aromatic carbocycles. The van der Waals surface area contributed by atoms with E-state index in [4.69, 9.17) is 5.73 Å². The van der Waals surface area contributed by atoms with Crippen molar-refractivity contribution in [3.63, 3.8) is 0 Å². The second-order valence-corrected chi connectivity index (χ2v) is 6.00. The second-order valence-electron chi connectivity index (χ2n) is 6.00. The first-order chi connectivity index (χ1) is 11.1. The summed E-state index contributed by atoms with van der Waals surface area (Å²) >= 11 is 0. The fraction of sp³-hybridized carbons (Fsp3) is 0.333. The first-order valence-electron chi connectivity index (χ1n) is 8.04. The number of pyridine rings is 1. The van der Waals surface area contributed by atoms with Crippen molar-refractivity contribution in [2.75, 3.05) is 0 Å². The molecule has 0 amide bonds. The number of rotatable bonds is 5. The third-order valence-corrected chi connectivity index (χ3v) is 4.25. The fourth-order valence-corrected chi connectivity index (χ4v) is 3.01. The highest BCUT2D eigenvalue weighted by molar-refractivity contribution is 5.87. The third-order valence-electron chi connectivity index (χ3n) is 4.25. The molecule has 0 atom stereocenters. The molecule has 0 bridgehead atoms. The van der Waals surface area contributed by atoms with Crippen molar-refractivity contribution in [3.05, 3.63) is 54.1 Å². The van der Waals surface area contributed by atoms with Gasteiger partial charge in [-0.05, 0) is 38.0 Å². The van der Waals surface area contributed by atoms with Gasteiger partial charge in [-0.25, -0.2) is 9.51 Å². The van der Waals surface area contributed by atoms with Gasteiger partial charge in [0, 0.05) is 29.2 Å². The molecular formula is C18H23N5. The molecule has 2 aromatic heterocycles. The molecule has 1 aliphatic rings. The van der Waals surface area contributed by atoms with E-state index >= 15 is 0 Å². The van der Waals surface area contributed by atoms with Crippen molar-refractivity contribution in [2.24, 2.45) is 10.7 Å². The average molecular weight is 309 g/mol. The molecule has 1 saturated carbocycles. The van der Waals surface area contributed by atoms with Gasteiger partial charge in [-0.3, -0.25) is 0 Å². The highest BCUT2D eigenvalue weighted by Gasteiger charge is 2.14. The molecule has 1 fully saturated rings. The molecule has 1 aliphatic carbocycles. The number of aromatic nitrogens is 2. The zero-order valence-corrected chi connectivity index (χ0v) is 13.5. The summed E-state index contributed by atoms with van der Waals surface area (Å²) in [5.41, 5.74) is 9.79. The molecule has 5 heteroatoms. The van der Waals surface area contributed by atoms with Crippen LogP contribution in [0.2, 0.25) is 0 Å². The molecule has 2 aromatic rings. The van der Waals surface area contributed by atoms with E-state index < -0.39 is 0 Å². The van der Waals surface area contributed by atoms with Crippen LogP contribution in [0.3, 0.4) is 0 Å². The van der Waals surface area contributed by atoms with Crippen molar-refractivity contribution in [3.8, 4) is 0 Å². The molecule has 120 valence electrons. The Hall–Kier alpha value is -2.56. The zero-order valence-electron chi connectivity index (χ0n) is 13.5. The lowest BCUT2D eigenvalue weighted by atomic mass is 10.2. The minimum atomic E-state index is 0.517. The fourth-order valence-electron chi connectivity index (χ4n) is 3.01. The molecule has 2 heterocycles. The van der Waals surface area contributed by atoms with Gasteiger partial charge in [0.15, 0.2) is 0 Å². The van der Waals surface area contributed by atoms with Crippen LogP contribution in [0.15, 0.2) is 47.9 Å². The van der Waals surface area contributed by atoms with Crippen molar-refractivity contribution < 1.29 is 0 Å². The highest BCUT2D eigenvalue weighted by Crippen LogP contribution is 2.19. The lowest BCUT2D eigenvalue weighted by Crippen LogP contribution is -2.23. The van der Waals surface area contributed by atoms with Gasteiger partial charge in [-0.1, -0.05) is 25.5 Å². The Balaban J connectivity index is 1.70. The minimum absolute atomic E-state index is 0.517. The summed E-state index contributed by atoms with van der Waals surface area (Å²) in [5, 5.41) is 7.72. The maximum absolute atomic E-state index is 6.17. The van der Waals surface area contributed by atoms with Crippen LogP contribution in [-0.4, -0.2) is 21.9 Å². The van der Waals surface area contributed by atoms with E-state index in [2.05, 4.69) is 22.0 Å². The Morgan fingerprint density at radius 2 is 2.22 bits per heavy atom. The lowest BCUT2D eigenvalue weighted by Gasteiger charge is -2.11. The van der Waals surface area contributed by atoms with Crippen LogP contribution < -0.4 is 11.1 Å². The first-order valence-corrected chi connectivity index (χ1v) is 8.04. The molecule has 0 aliphatic heterocycles. The van der Waals surface area contributed by atoms with E-state index in [1.807, 2.05) is 29.6 Å². The predicted octanol–water partition coefficient (Wildman–Crippen LogP) is 3.02. The maximum atomic E-state index is 6.17. The lowest BCUT2D eigenvalue weighted by molar-refractivity contribution is 0.583. The van der Waals surface area contributed by atoms with Crippen molar-refractivity contribution in [2.45, 2.75) is 38.6 Å². The predicted molar refractivity (Wildman–Crippen MR) is 95.1 cm³/mol. The molecule has 23 heavy (non-hydrogen) atoms. The zero-order chi connectivity index (χ0) is 16.2. The Morgan fingerprint density at radius 1 is 1.43 bits per heavy atom. The molecule has 0 unspecified atom stereocenters. The molecule has 0 saturated heterocycles. The van der Waals surface area contributed by atoms with Crippen LogP contribution >= 0.6 is 0 Å². The van der Waals surface area contributed by atoms with Crippen molar-refractivity contribution in [1.82, 2.24) is 14.9 Å². The number of fused-ring (bicyclic) bond motifs is 1. The topological polar surface area (TPSA) is 67.7 Å². The Kier molecular flexibility index (Phi) is 4.46. The van der Waals surface area contributed by atoms with Crippen LogP contribution in [0.25, 0.3) is 11.2 Å². The summed E-state index contributed by atoms with van der Waals surface area (Å²) in [7, 11) is 0. The van der Waals surface area contributed by atoms with Crippen LogP contribution in [0, 0.1) is 6.92 Å². The smallest absolute Gasteiger partial charge is 0.118 e. The summed E-state index contributed by atoms with van der Waals surface area (Å²) in [6, 6.07) is 6.55. The molecule has 5 nitrogen and oxygen atoms in total. The van der Waals surface area contributed by atoms with Gasteiger partial charge in [-0.2, -0.15) is 5.10 Å². The number of aryl methyl sites for hydroxylation is 1. The number of hydrogen-bond acceptors (Lipinski definition) is 4. The maximum Gasteiger partial charge on any atom is 0.118 e. The summed E-state index contributed by atoms with van der Waals surface area (Å²) in [6.07, 6.45) is 10.3. The van der Waals surface area contributed by atoms with E-state index in [0.29, 0.717) is 17.6 Å². The van der Waals surface area contributed by atoms with Gasteiger partial charge in [0.25, 0.3) is 0 Å². The van der Waals surface area contributed by atoms with Crippen molar-refractivity contribution in [1.29, 1.82) is 0 Å². The summed E-state index contributed by atoms with van der Waals surface area (Å²) < 4.78 is 1.88.